The lowest BCUT2D eigenvalue weighted by Crippen LogP contribution is -2.14. The Kier molecular flexibility index (Phi) is 9.28. The molecule has 18 heavy (non-hydrogen) atoms. The van der Waals surface area contributed by atoms with Crippen molar-refractivity contribution >= 4 is 18.4 Å². The van der Waals surface area contributed by atoms with E-state index in [1.54, 1.807) is 12.1 Å². The van der Waals surface area contributed by atoms with Crippen molar-refractivity contribution in [3.8, 4) is 0 Å². The molecule has 0 radical (unpaired) electrons. The summed E-state index contributed by atoms with van der Waals surface area (Å²) in [7, 11) is 0. The van der Waals surface area contributed by atoms with Crippen molar-refractivity contribution in [2.75, 3.05) is 13.2 Å². The molecule has 0 atom stereocenters. The number of nitrogens with one attached hydrogen (secondary N) is 1. The van der Waals surface area contributed by atoms with Crippen LogP contribution in [0.2, 0.25) is 0 Å². The van der Waals surface area contributed by atoms with Gasteiger partial charge in [-0.05, 0) is 43.5 Å². The van der Waals surface area contributed by atoms with Gasteiger partial charge in [0, 0.05) is 13.2 Å². The molecule has 102 valence electrons. The van der Waals surface area contributed by atoms with Gasteiger partial charge in [-0.2, -0.15) is 0 Å². The maximum Gasteiger partial charge on any atom is 0.335 e. The van der Waals surface area contributed by atoms with Gasteiger partial charge in [0.15, 0.2) is 0 Å². The minimum Gasteiger partial charge on any atom is -0.478 e. The Hall–Kier alpha value is -1.10. The summed E-state index contributed by atoms with van der Waals surface area (Å²) in [6.07, 6.45) is 2.93. The monoisotopic (exact) mass is 273 g/mol. The lowest BCUT2D eigenvalue weighted by Gasteiger charge is -2.05. The van der Waals surface area contributed by atoms with Crippen LogP contribution in [0.1, 0.15) is 35.2 Å². The number of halogens is 1. The standard InChI is InChI=1S/C13H19NO3.ClH/c15-9-3-1-2-8-14-10-11-4-6-12(7-5-11)13(16)17;/h4-7,14-15H,1-3,8-10H2,(H,16,17);1H. The van der Waals surface area contributed by atoms with Crippen LogP contribution >= 0.6 is 12.4 Å². The third-order valence-corrected chi connectivity index (χ3v) is 2.54. The second-order valence-electron chi connectivity index (χ2n) is 3.96. The Balaban J connectivity index is 0.00000289. The van der Waals surface area contributed by atoms with Crippen molar-refractivity contribution in [1.82, 2.24) is 5.32 Å². The van der Waals surface area contributed by atoms with Crippen LogP contribution in [-0.2, 0) is 6.54 Å². The number of aliphatic hydroxyl groups is 1. The van der Waals surface area contributed by atoms with E-state index in [-0.39, 0.29) is 19.0 Å². The quantitative estimate of drug-likeness (QED) is 0.634. The Morgan fingerprint density at radius 1 is 1.11 bits per heavy atom. The number of hydrogen-bond donors (Lipinski definition) is 3. The number of rotatable bonds is 8. The first kappa shape index (κ1) is 16.9. The van der Waals surface area contributed by atoms with Crippen LogP contribution in [0.15, 0.2) is 24.3 Å². The van der Waals surface area contributed by atoms with E-state index in [1.807, 2.05) is 12.1 Å². The zero-order chi connectivity index (χ0) is 12.5. The van der Waals surface area contributed by atoms with E-state index in [0.29, 0.717) is 5.56 Å². The molecule has 1 aromatic carbocycles. The van der Waals surface area contributed by atoms with E-state index in [2.05, 4.69) is 5.32 Å². The molecule has 0 bridgehead atoms. The molecule has 5 heteroatoms. The number of unbranched alkanes of at least 4 members (excludes halogenated alkanes) is 2. The van der Waals surface area contributed by atoms with Crippen LogP contribution < -0.4 is 5.32 Å². The Labute approximate surface area is 113 Å². The summed E-state index contributed by atoms with van der Waals surface area (Å²) in [4.78, 5) is 10.6. The predicted molar refractivity (Wildman–Crippen MR) is 73.3 cm³/mol. The normalized spacial score (nSPS) is 9.83. The maximum absolute atomic E-state index is 10.6. The Morgan fingerprint density at radius 3 is 2.33 bits per heavy atom. The smallest absolute Gasteiger partial charge is 0.335 e. The van der Waals surface area contributed by atoms with Gasteiger partial charge in [-0.15, -0.1) is 12.4 Å². The zero-order valence-corrected chi connectivity index (χ0v) is 11.1. The molecule has 0 heterocycles. The lowest BCUT2D eigenvalue weighted by atomic mass is 10.1. The minimum atomic E-state index is -0.895. The largest absolute Gasteiger partial charge is 0.478 e. The molecular formula is C13H20ClNO3. The molecule has 0 saturated carbocycles. The average molecular weight is 274 g/mol. The number of hydrogen-bond acceptors (Lipinski definition) is 3. The first-order valence-electron chi connectivity index (χ1n) is 5.88. The Bertz CT molecular complexity index is 341. The number of carboxylic acid groups (broad SMARTS) is 1. The molecule has 1 rings (SSSR count). The summed E-state index contributed by atoms with van der Waals surface area (Å²) in [5.74, 6) is -0.895. The molecule has 0 aliphatic carbocycles. The van der Waals surface area contributed by atoms with Crippen LogP contribution in [0, 0.1) is 0 Å². The molecule has 4 nitrogen and oxygen atoms in total. The number of carboxylic acids is 1. The molecule has 0 unspecified atom stereocenters. The van der Waals surface area contributed by atoms with Crippen LogP contribution in [0.4, 0.5) is 0 Å². The van der Waals surface area contributed by atoms with Crippen LogP contribution in [0.25, 0.3) is 0 Å². The highest BCUT2D eigenvalue weighted by molar-refractivity contribution is 5.87. The van der Waals surface area contributed by atoms with E-state index in [4.69, 9.17) is 10.2 Å². The Morgan fingerprint density at radius 2 is 1.78 bits per heavy atom. The first-order chi connectivity index (χ1) is 8.24. The van der Waals surface area contributed by atoms with Gasteiger partial charge in [-0.1, -0.05) is 12.1 Å². The second-order valence-corrected chi connectivity index (χ2v) is 3.96. The highest BCUT2D eigenvalue weighted by Gasteiger charge is 2.01. The van der Waals surface area contributed by atoms with Crippen LogP contribution in [-0.4, -0.2) is 29.3 Å². The number of aromatic carboxylic acids is 1. The molecule has 1 aromatic rings. The van der Waals surface area contributed by atoms with E-state index >= 15 is 0 Å². The molecule has 0 amide bonds. The van der Waals surface area contributed by atoms with Gasteiger partial charge in [0.25, 0.3) is 0 Å². The number of aliphatic hydroxyl groups excluding tert-OH is 1. The molecule has 0 saturated heterocycles. The molecule has 0 aliphatic heterocycles. The van der Waals surface area contributed by atoms with Gasteiger partial charge in [0.1, 0.15) is 0 Å². The summed E-state index contributed by atoms with van der Waals surface area (Å²) in [5, 5.41) is 20.6. The predicted octanol–water partition coefficient (Wildman–Crippen LogP) is 2.06. The summed E-state index contributed by atoms with van der Waals surface area (Å²) < 4.78 is 0. The number of carbonyl (C=O) groups is 1. The molecule has 0 aromatic heterocycles. The lowest BCUT2D eigenvalue weighted by molar-refractivity contribution is 0.0697. The van der Waals surface area contributed by atoms with Gasteiger partial charge < -0.3 is 15.5 Å². The van der Waals surface area contributed by atoms with Gasteiger partial charge in [0.2, 0.25) is 0 Å². The van der Waals surface area contributed by atoms with Crippen molar-refractivity contribution in [3.63, 3.8) is 0 Å². The van der Waals surface area contributed by atoms with Gasteiger partial charge in [-0.3, -0.25) is 0 Å². The molecule has 3 N–H and O–H groups in total. The summed E-state index contributed by atoms with van der Waals surface area (Å²) >= 11 is 0. The highest BCUT2D eigenvalue weighted by atomic mass is 35.5. The fourth-order valence-corrected chi connectivity index (χ4v) is 1.54. The zero-order valence-electron chi connectivity index (χ0n) is 10.3. The SMILES string of the molecule is Cl.O=C(O)c1ccc(CNCCCCCO)cc1. The van der Waals surface area contributed by atoms with E-state index in [9.17, 15) is 4.79 Å². The van der Waals surface area contributed by atoms with Gasteiger partial charge in [0.05, 0.1) is 5.56 Å². The summed E-state index contributed by atoms with van der Waals surface area (Å²) in [5.41, 5.74) is 1.40. The van der Waals surface area contributed by atoms with Crippen molar-refractivity contribution in [3.05, 3.63) is 35.4 Å². The van der Waals surface area contributed by atoms with Gasteiger partial charge >= 0.3 is 5.97 Å². The third kappa shape index (κ3) is 6.59. The van der Waals surface area contributed by atoms with Crippen molar-refractivity contribution in [2.24, 2.45) is 0 Å². The van der Waals surface area contributed by atoms with Gasteiger partial charge in [-0.25, -0.2) is 4.79 Å². The third-order valence-electron chi connectivity index (χ3n) is 2.54. The molecule has 0 aliphatic rings. The topological polar surface area (TPSA) is 69.6 Å². The molecule has 0 fully saturated rings. The molecule has 0 spiro atoms. The van der Waals surface area contributed by atoms with Crippen molar-refractivity contribution in [2.45, 2.75) is 25.8 Å². The highest BCUT2D eigenvalue weighted by Crippen LogP contribution is 2.04. The molecular weight excluding hydrogens is 254 g/mol. The summed E-state index contributed by atoms with van der Waals surface area (Å²) in [6.45, 7) is 1.93. The van der Waals surface area contributed by atoms with E-state index < -0.39 is 5.97 Å². The van der Waals surface area contributed by atoms with Crippen LogP contribution in [0.5, 0.6) is 0 Å². The summed E-state index contributed by atoms with van der Waals surface area (Å²) in [6, 6.07) is 6.88. The minimum absolute atomic E-state index is 0. The fourth-order valence-electron chi connectivity index (χ4n) is 1.54. The fraction of sp³-hybridized carbons (Fsp3) is 0.462. The number of benzene rings is 1. The van der Waals surface area contributed by atoms with Crippen LogP contribution in [0.3, 0.4) is 0 Å². The first-order valence-corrected chi connectivity index (χ1v) is 5.88. The maximum atomic E-state index is 10.6. The second kappa shape index (κ2) is 9.88. The van der Waals surface area contributed by atoms with Crippen molar-refractivity contribution < 1.29 is 15.0 Å². The van der Waals surface area contributed by atoms with Crippen molar-refractivity contribution in [1.29, 1.82) is 0 Å². The average Bonchev–Trinajstić information content (AvgIpc) is 2.34. The van der Waals surface area contributed by atoms with E-state index in [1.165, 1.54) is 0 Å². The van der Waals surface area contributed by atoms with E-state index in [0.717, 1.165) is 37.9 Å².